The Bertz CT molecular complexity index is 1770. The third-order valence-electron chi connectivity index (χ3n) is 5.95. The maximum absolute atomic E-state index is 12.4. The second-order valence-electron chi connectivity index (χ2n) is 8.03. The molecule has 0 unspecified atom stereocenters. The lowest BCUT2D eigenvalue weighted by molar-refractivity contribution is 0.111. The molecule has 5 rings (SSSR count). The molecule has 2 aromatic carbocycles. The molecule has 0 bridgehead atoms. The fraction of sp³-hybridized carbons (Fsp3) is 0.0357. The van der Waals surface area contributed by atoms with Gasteiger partial charge in [0.1, 0.15) is 5.65 Å². The van der Waals surface area contributed by atoms with Crippen LogP contribution in [0.2, 0.25) is 10.0 Å². The molecule has 0 spiro atoms. The molecule has 0 radical (unpaired) electrons. The number of benzene rings is 2. The van der Waals surface area contributed by atoms with Crippen LogP contribution in [-0.2, 0) is 0 Å². The number of hydrogen-bond acceptors (Lipinski definition) is 6. The minimum absolute atomic E-state index is 0.0206. The van der Waals surface area contributed by atoms with E-state index < -0.39 is 5.56 Å². The van der Waals surface area contributed by atoms with Crippen LogP contribution in [0.15, 0.2) is 77.9 Å². The molecule has 7 nitrogen and oxygen atoms in total. The van der Waals surface area contributed by atoms with Crippen molar-refractivity contribution in [2.75, 3.05) is 7.11 Å². The van der Waals surface area contributed by atoms with E-state index in [9.17, 15) is 14.4 Å². The topological polar surface area (TPSA) is 90.6 Å². The number of ether oxygens (including phenoxy) is 1. The van der Waals surface area contributed by atoms with E-state index in [1.54, 1.807) is 30.5 Å². The number of hydrogen-bond donors (Lipinski definition) is 0. The van der Waals surface area contributed by atoms with Crippen molar-refractivity contribution in [3.8, 4) is 39.4 Å². The van der Waals surface area contributed by atoms with Crippen molar-refractivity contribution in [1.29, 1.82) is 0 Å². The number of aldehydes is 2. The van der Waals surface area contributed by atoms with E-state index in [2.05, 4.69) is 9.97 Å². The van der Waals surface area contributed by atoms with Gasteiger partial charge < -0.3 is 4.74 Å². The molecule has 0 N–H and O–H groups in total. The van der Waals surface area contributed by atoms with Gasteiger partial charge in [0, 0.05) is 34.6 Å². The lowest BCUT2D eigenvalue weighted by atomic mass is 9.97. The van der Waals surface area contributed by atoms with Crippen LogP contribution in [0.4, 0.5) is 0 Å². The zero-order valence-corrected chi connectivity index (χ0v) is 20.8. The van der Waals surface area contributed by atoms with Gasteiger partial charge in [0.25, 0.3) is 5.56 Å². The molecular weight excluding hydrogens is 513 g/mol. The molecule has 0 fully saturated rings. The monoisotopic (exact) mass is 529 g/mol. The molecule has 37 heavy (non-hydrogen) atoms. The Hall–Kier alpha value is -4.33. The van der Waals surface area contributed by atoms with E-state index in [1.807, 2.05) is 36.4 Å². The smallest absolute Gasteiger partial charge is 0.268 e. The van der Waals surface area contributed by atoms with Crippen LogP contribution in [0.5, 0.6) is 5.88 Å². The van der Waals surface area contributed by atoms with E-state index in [4.69, 9.17) is 27.9 Å². The van der Waals surface area contributed by atoms with Crippen LogP contribution in [0, 0.1) is 0 Å². The molecular formula is C28H17Cl2N3O4. The molecule has 5 aromatic rings. The highest BCUT2D eigenvalue weighted by atomic mass is 35.5. The molecule has 0 aliphatic carbocycles. The van der Waals surface area contributed by atoms with Gasteiger partial charge in [-0.1, -0.05) is 59.6 Å². The quantitative estimate of drug-likeness (QED) is 0.249. The Morgan fingerprint density at radius 3 is 2.16 bits per heavy atom. The predicted molar refractivity (Wildman–Crippen MR) is 143 cm³/mol. The summed E-state index contributed by atoms with van der Waals surface area (Å²) in [6.45, 7) is 0. The second kappa shape index (κ2) is 9.97. The number of halogens is 2. The first-order valence-electron chi connectivity index (χ1n) is 11.0. The molecule has 0 atom stereocenters. The van der Waals surface area contributed by atoms with Gasteiger partial charge in [-0.25, -0.2) is 9.97 Å². The Morgan fingerprint density at radius 2 is 1.49 bits per heavy atom. The number of rotatable bonds is 6. The van der Waals surface area contributed by atoms with Crippen LogP contribution >= 0.6 is 23.2 Å². The van der Waals surface area contributed by atoms with Gasteiger partial charge >= 0.3 is 0 Å². The van der Waals surface area contributed by atoms with Gasteiger partial charge in [-0.3, -0.25) is 18.8 Å². The van der Waals surface area contributed by atoms with Crippen LogP contribution < -0.4 is 10.3 Å². The first-order chi connectivity index (χ1) is 18.0. The Labute approximate surface area is 220 Å². The van der Waals surface area contributed by atoms with E-state index in [-0.39, 0.29) is 11.4 Å². The van der Waals surface area contributed by atoms with Crippen molar-refractivity contribution in [2.45, 2.75) is 0 Å². The Morgan fingerprint density at radius 1 is 0.838 bits per heavy atom. The normalized spacial score (nSPS) is 10.9. The summed E-state index contributed by atoms with van der Waals surface area (Å²) >= 11 is 13.8. The Balaban J connectivity index is 1.62. The number of carbonyl (C=O) groups excluding carboxylic acids is 2. The average molecular weight is 530 g/mol. The molecule has 0 aliphatic heterocycles. The minimum atomic E-state index is -0.443. The number of carbonyl (C=O) groups is 2. The summed E-state index contributed by atoms with van der Waals surface area (Å²) in [5.41, 5.74) is 4.29. The maximum Gasteiger partial charge on any atom is 0.268 e. The lowest BCUT2D eigenvalue weighted by Crippen LogP contribution is -2.18. The van der Waals surface area contributed by atoms with Gasteiger partial charge in [0.05, 0.1) is 34.0 Å². The zero-order valence-electron chi connectivity index (χ0n) is 19.3. The van der Waals surface area contributed by atoms with E-state index in [0.717, 1.165) is 5.56 Å². The van der Waals surface area contributed by atoms with Crippen molar-refractivity contribution in [2.24, 2.45) is 0 Å². The van der Waals surface area contributed by atoms with Gasteiger partial charge in [-0.05, 0) is 29.8 Å². The maximum atomic E-state index is 12.4. The summed E-state index contributed by atoms with van der Waals surface area (Å²) in [4.78, 5) is 43.4. The fourth-order valence-corrected chi connectivity index (χ4v) is 4.75. The van der Waals surface area contributed by atoms with Gasteiger partial charge in [-0.15, -0.1) is 0 Å². The molecule has 0 saturated carbocycles. The largest absolute Gasteiger partial charge is 0.480 e. The molecule has 0 saturated heterocycles. The predicted octanol–water partition coefficient (Wildman–Crippen LogP) is 6.03. The van der Waals surface area contributed by atoms with Crippen LogP contribution in [0.25, 0.3) is 39.2 Å². The lowest BCUT2D eigenvalue weighted by Gasteiger charge is -2.14. The van der Waals surface area contributed by atoms with Crippen molar-refractivity contribution < 1.29 is 14.3 Å². The van der Waals surface area contributed by atoms with Gasteiger partial charge in [-0.2, -0.15) is 0 Å². The number of pyridine rings is 2. The van der Waals surface area contributed by atoms with Gasteiger partial charge in [0.2, 0.25) is 5.88 Å². The molecule has 182 valence electrons. The van der Waals surface area contributed by atoms with Crippen molar-refractivity contribution in [3.05, 3.63) is 105 Å². The van der Waals surface area contributed by atoms with Crippen molar-refractivity contribution in [3.63, 3.8) is 0 Å². The van der Waals surface area contributed by atoms with E-state index in [0.29, 0.717) is 61.8 Å². The fourth-order valence-electron chi connectivity index (χ4n) is 4.09. The average Bonchev–Trinajstić information content (AvgIpc) is 2.93. The third kappa shape index (κ3) is 4.28. The summed E-state index contributed by atoms with van der Waals surface area (Å²) in [7, 11) is 1.45. The van der Waals surface area contributed by atoms with Crippen LogP contribution in [0.3, 0.4) is 0 Å². The summed E-state index contributed by atoms with van der Waals surface area (Å²) in [5, 5.41) is 0.891. The molecule has 3 aromatic heterocycles. The minimum Gasteiger partial charge on any atom is -0.480 e. The summed E-state index contributed by atoms with van der Waals surface area (Å²) < 4.78 is 6.55. The first-order valence-corrected chi connectivity index (χ1v) is 11.8. The highest BCUT2D eigenvalue weighted by molar-refractivity contribution is 6.39. The number of methoxy groups -OCH3 is 1. The summed E-state index contributed by atoms with van der Waals surface area (Å²) in [6.07, 6.45) is 3.98. The number of nitrogens with zero attached hydrogens (tertiary/aromatic N) is 3. The molecule has 9 heteroatoms. The first kappa shape index (κ1) is 24.4. The standard InChI is InChI=1S/C28H17Cl2N3O4/c1-37-27-17(14-34)8-9-23(32-27)22-7-3-6-21(26(22)30)20-5-2-4-19(25(20)29)16-10-11-33-24(12-16)31-13-18(15-35)28(33)36/h2-15H,1H3. The van der Waals surface area contributed by atoms with E-state index in [1.165, 1.54) is 17.7 Å². The van der Waals surface area contributed by atoms with Crippen LogP contribution in [0.1, 0.15) is 20.7 Å². The van der Waals surface area contributed by atoms with E-state index >= 15 is 0 Å². The summed E-state index contributed by atoms with van der Waals surface area (Å²) in [5.74, 6) is 0.207. The van der Waals surface area contributed by atoms with Crippen molar-refractivity contribution >= 4 is 41.4 Å². The second-order valence-corrected chi connectivity index (χ2v) is 8.78. The highest BCUT2D eigenvalue weighted by Gasteiger charge is 2.17. The Kier molecular flexibility index (Phi) is 6.56. The number of fused-ring (bicyclic) bond motifs is 1. The van der Waals surface area contributed by atoms with Crippen molar-refractivity contribution in [1.82, 2.24) is 14.4 Å². The van der Waals surface area contributed by atoms with Gasteiger partial charge in [0.15, 0.2) is 12.6 Å². The SMILES string of the molecule is COc1nc(-c2cccc(-c3cccc(-c4ccn5c(=O)c(C=O)cnc5c4)c3Cl)c2Cl)ccc1C=O. The zero-order chi connectivity index (χ0) is 26.1. The third-order valence-corrected chi connectivity index (χ3v) is 6.76. The van der Waals surface area contributed by atoms with Crippen LogP contribution in [-0.4, -0.2) is 34.1 Å². The molecule has 3 heterocycles. The number of aromatic nitrogens is 3. The molecule has 0 aliphatic rings. The molecule has 0 amide bonds. The summed E-state index contributed by atoms with van der Waals surface area (Å²) in [6, 6.07) is 17.9. The highest BCUT2D eigenvalue weighted by Crippen LogP contribution is 2.42.